The number of anilines is 1. The Morgan fingerprint density at radius 3 is 2.89 bits per heavy atom. The van der Waals surface area contributed by atoms with Gasteiger partial charge in [0.1, 0.15) is 0 Å². The van der Waals surface area contributed by atoms with E-state index in [1.54, 1.807) is 0 Å². The molecule has 1 atom stereocenters. The molecule has 0 saturated heterocycles. The number of amides is 1. The lowest BCUT2D eigenvalue weighted by molar-refractivity contribution is -0.114. The fraction of sp³-hybridized carbons (Fsp3) is 0.400. The van der Waals surface area contributed by atoms with Crippen LogP contribution in [-0.4, -0.2) is 12.5 Å². The monoisotopic (exact) mass is 244 g/mol. The molecule has 3 nitrogen and oxygen atoms in total. The SMILES string of the molecule is CC#CCCNC(C)c1cccc(NC(C)=O)c1. The molecule has 0 radical (unpaired) electrons. The molecule has 0 aliphatic heterocycles. The van der Waals surface area contributed by atoms with E-state index >= 15 is 0 Å². The molecule has 1 aromatic carbocycles. The average molecular weight is 244 g/mol. The number of hydrogen-bond donors (Lipinski definition) is 2. The van der Waals surface area contributed by atoms with Crippen molar-refractivity contribution in [3.8, 4) is 11.8 Å². The van der Waals surface area contributed by atoms with E-state index in [1.807, 2.05) is 25.1 Å². The zero-order valence-corrected chi connectivity index (χ0v) is 11.2. The van der Waals surface area contributed by atoms with Gasteiger partial charge in [0.2, 0.25) is 5.91 Å². The van der Waals surface area contributed by atoms with Gasteiger partial charge in [-0.25, -0.2) is 0 Å². The standard InChI is InChI=1S/C15H20N2O/c1-4-5-6-10-16-12(2)14-8-7-9-15(11-14)17-13(3)18/h7-9,11-12,16H,6,10H2,1-3H3,(H,17,18). The van der Waals surface area contributed by atoms with Crippen molar-refractivity contribution in [3.63, 3.8) is 0 Å². The second kappa shape index (κ2) is 7.52. The Bertz CT molecular complexity index is 457. The van der Waals surface area contributed by atoms with E-state index in [1.165, 1.54) is 6.92 Å². The molecule has 0 bridgehead atoms. The largest absolute Gasteiger partial charge is 0.326 e. The van der Waals surface area contributed by atoms with Crippen molar-refractivity contribution in [2.45, 2.75) is 33.2 Å². The van der Waals surface area contributed by atoms with E-state index < -0.39 is 0 Å². The van der Waals surface area contributed by atoms with Crippen LogP contribution in [0.2, 0.25) is 0 Å². The van der Waals surface area contributed by atoms with Crippen LogP contribution in [0, 0.1) is 11.8 Å². The molecule has 0 spiro atoms. The fourth-order valence-electron chi connectivity index (χ4n) is 1.68. The van der Waals surface area contributed by atoms with Gasteiger partial charge in [0, 0.05) is 31.6 Å². The molecule has 2 N–H and O–H groups in total. The molecule has 0 saturated carbocycles. The Labute approximate surface area is 109 Å². The Balaban J connectivity index is 2.58. The third kappa shape index (κ3) is 5.03. The normalized spacial score (nSPS) is 11.3. The lowest BCUT2D eigenvalue weighted by Crippen LogP contribution is -2.19. The van der Waals surface area contributed by atoms with Gasteiger partial charge in [0.15, 0.2) is 0 Å². The van der Waals surface area contributed by atoms with Crippen LogP contribution in [0.4, 0.5) is 5.69 Å². The van der Waals surface area contributed by atoms with Crippen LogP contribution in [0.1, 0.15) is 38.8 Å². The van der Waals surface area contributed by atoms with E-state index in [4.69, 9.17) is 0 Å². The molecule has 0 fully saturated rings. The molecule has 1 rings (SSSR count). The van der Waals surface area contributed by atoms with Crippen LogP contribution in [0.25, 0.3) is 0 Å². The summed E-state index contributed by atoms with van der Waals surface area (Å²) in [6, 6.07) is 8.13. The van der Waals surface area contributed by atoms with Gasteiger partial charge < -0.3 is 10.6 Å². The predicted octanol–water partition coefficient (Wildman–Crippen LogP) is 2.71. The summed E-state index contributed by atoms with van der Waals surface area (Å²) in [7, 11) is 0. The van der Waals surface area contributed by atoms with Crippen LogP contribution in [0.3, 0.4) is 0 Å². The van der Waals surface area contributed by atoms with Crippen LogP contribution in [0.15, 0.2) is 24.3 Å². The first-order valence-electron chi connectivity index (χ1n) is 6.14. The Morgan fingerprint density at radius 2 is 2.22 bits per heavy atom. The van der Waals surface area contributed by atoms with E-state index in [-0.39, 0.29) is 11.9 Å². The summed E-state index contributed by atoms with van der Waals surface area (Å²) in [6.07, 6.45) is 0.853. The van der Waals surface area contributed by atoms with E-state index in [0.717, 1.165) is 24.2 Å². The van der Waals surface area contributed by atoms with Crippen LogP contribution in [0.5, 0.6) is 0 Å². The van der Waals surface area contributed by atoms with Crippen molar-refractivity contribution in [2.24, 2.45) is 0 Å². The highest BCUT2D eigenvalue weighted by Gasteiger charge is 2.05. The first-order chi connectivity index (χ1) is 8.63. The molecule has 3 heteroatoms. The van der Waals surface area contributed by atoms with Gasteiger partial charge in [-0.05, 0) is 31.5 Å². The van der Waals surface area contributed by atoms with Gasteiger partial charge in [-0.15, -0.1) is 11.8 Å². The maximum Gasteiger partial charge on any atom is 0.221 e. The van der Waals surface area contributed by atoms with Crippen LogP contribution in [-0.2, 0) is 4.79 Å². The Morgan fingerprint density at radius 1 is 1.44 bits per heavy atom. The summed E-state index contributed by atoms with van der Waals surface area (Å²) in [5, 5.41) is 6.19. The smallest absolute Gasteiger partial charge is 0.221 e. The lowest BCUT2D eigenvalue weighted by Gasteiger charge is -2.14. The van der Waals surface area contributed by atoms with Gasteiger partial charge in [0.25, 0.3) is 0 Å². The zero-order valence-electron chi connectivity index (χ0n) is 11.2. The highest BCUT2D eigenvalue weighted by molar-refractivity contribution is 5.88. The van der Waals surface area contributed by atoms with Gasteiger partial charge in [-0.1, -0.05) is 12.1 Å². The summed E-state index contributed by atoms with van der Waals surface area (Å²) in [4.78, 5) is 11.0. The Kier molecular flexibility index (Phi) is 5.96. The molecule has 0 aromatic heterocycles. The number of carbonyl (C=O) groups is 1. The number of rotatable bonds is 5. The first kappa shape index (κ1) is 14.3. The average Bonchev–Trinajstić information content (AvgIpc) is 2.34. The molecule has 1 amide bonds. The van der Waals surface area contributed by atoms with E-state index in [0.29, 0.717) is 0 Å². The number of benzene rings is 1. The third-order valence-electron chi connectivity index (χ3n) is 2.58. The molecule has 1 unspecified atom stereocenters. The third-order valence-corrected chi connectivity index (χ3v) is 2.58. The topological polar surface area (TPSA) is 41.1 Å². The minimum absolute atomic E-state index is 0.0500. The molecular formula is C15H20N2O. The number of nitrogens with one attached hydrogen (secondary N) is 2. The molecule has 18 heavy (non-hydrogen) atoms. The molecule has 0 heterocycles. The first-order valence-corrected chi connectivity index (χ1v) is 6.14. The van der Waals surface area contributed by atoms with Gasteiger partial charge >= 0.3 is 0 Å². The second-order valence-electron chi connectivity index (χ2n) is 4.16. The summed E-state index contributed by atoms with van der Waals surface area (Å²) in [5.41, 5.74) is 1.99. The van der Waals surface area contributed by atoms with Gasteiger partial charge in [-0.3, -0.25) is 4.79 Å². The van der Waals surface area contributed by atoms with Crippen molar-refractivity contribution in [3.05, 3.63) is 29.8 Å². The predicted molar refractivity (Wildman–Crippen MR) is 75.2 cm³/mol. The van der Waals surface area contributed by atoms with Crippen molar-refractivity contribution < 1.29 is 4.79 Å². The van der Waals surface area contributed by atoms with Crippen molar-refractivity contribution >= 4 is 11.6 Å². The zero-order chi connectivity index (χ0) is 13.4. The Hall–Kier alpha value is -1.79. The van der Waals surface area contributed by atoms with Crippen molar-refractivity contribution in [2.75, 3.05) is 11.9 Å². The molecule has 0 aliphatic carbocycles. The van der Waals surface area contributed by atoms with Gasteiger partial charge in [0.05, 0.1) is 0 Å². The molecule has 1 aromatic rings. The molecular weight excluding hydrogens is 224 g/mol. The second-order valence-corrected chi connectivity index (χ2v) is 4.16. The molecule has 0 aliphatic rings. The minimum atomic E-state index is -0.0500. The minimum Gasteiger partial charge on any atom is -0.326 e. The van der Waals surface area contributed by atoms with Gasteiger partial charge in [-0.2, -0.15) is 0 Å². The summed E-state index contributed by atoms with van der Waals surface area (Å²) >= 11 is 0. The highest BCUT2D eigenvalue weighted by Crippen LogP contribution is 2.17. The van der Waals surface area contributed by atoms with Crippen LogP contribution >= 0.6 is 0 Å². The summed E-state index contributed by atoms with van der Waals surface area (Å²) in [6.45, 7) is 6.33. The number of carbonyl (C=O) groups excluding carboxylic acids is 1. The van der Waals surface area contributed by atoms with E-state index in [2.05, 4.69) is 35.5 Å². The quantitative estimate of drug-likeness (QED) is 0.617. The molecule has 96 valence electrons. The van der Waals surface area contributed by atoms with Crippen molar-refractivity contribution in [1.29, 1.82) is 0 Å². The lowest BCUT2D eigenvalue weighted by atomic mass is 10.1. The van der Waals surface area contributed by atoms with Crippen molar-refractivity contribution in [1.82, 2.24) is 5.32 Å². The van der Waals surface area contributed by atoms with Crippen LogP contribution < -0.4 is 10.6 Å². The highest BCUT2D eigenvalue weighted by atomic mass is 16.1. The maximum absolute atomic E-state index is 11.0. The summed E-state index contributed by atoms with van der Waals surface area (Å²) < 4.78 is 0. The fourth-order valence-corrected chi connectivity index (χ4v) is 1.68. The maximum atomic E-state index is 11.0. The number of hydrogen-bond acceptors (Lipinski definition) is 2. The summed E-state index contributed by atoms with van der Waals surface area (Å²) in [5.74, 6) is 5.85. The van der Waals surface area contributed by atoms with E-state index in [9.17, 15) is 4.79 Å².